The van der Waals surface area contributed by atoms with Gasteiger partial charge in [-0.2, -0.15) is 13.2 Å². The highest BCUT2D eigenvalue weighted by molar-refractivity contribution is 5.98. The van der Waals surface area contributed by atoms with Crippen LogP contribution in [-0.4, -0.2) is 36.7 Å². The van der Waals surface area contributed by atoms with Crippen LogP contribution in [-0.2, 0) is 23.8 Å². The third-order valence-electron chi connectivity index (χ3n) is 6.29. The van der Waals surface area contributed by atoms with Gasteiger partial charge in [0.1, 0.15) is 0 Å². The number of carbonyl (C=O) groups excluding carboxylic acids is 1. The molecule has 2 aliphatic rings. The summed E-state index contributed by atoms with van der Waals surface area (Å²) in [6.07, 6.45) is 0.929. The summed E-state index contributed by atoms with van der Waals surface area (Å²) in [6, 6.07) is 13.1. The van der Waals surface area contributed by atoms with Crippen molar-refractivity contribution in [1.29, 1.82) is 0 Å². The summed E-state index contributed by atoms with van der Waals surface area (Å²) in [5.41, 5.74) is 4.20. The third kappa shape index (κ3) is 4.63. The molecule has 0 saturated carbocycles. The van der Waals surface area contributed by atoms with Crippen LogP contribution in [0.25, 0.3) is 0 Å². The highest BCUT2D eigenvalue weighted by Gasteiger charge is 2.30. The van der Waals surface area contributed by atoms with E-state index >= 15 is 0 Å². The largest absolute Gasteiger partial charge is 0.416 e. The molecule has 0 spiro atoms. The maximum atomic E-state index is 13.1. The number of nitrogens with one attached hydrogen (secondary N) is 1. The monoisotopic (exact) mass is 467 g/mol. The summed E-state index contributed by atoms with van der Waals surface area (Å²) in [5, 5.41) is 3.06. The number of fused-ring (bicyclic) bond motifs is 1. The minimum atomic E-state index is -4.37. The Morgan fingerprint density at radius 3 is 2.76 bits per heavy atom. The van der Waals surface area contributed by atoms with Crippen molar-refractivity contribution in [3.8, 4) is 0 Å². The number of anilines is 2. The van der Waals surface area contributed by atoms with Gasteiger partial charge in [-0.05, 0) is 60.2 Å². The molecule has 2 aliphatic heterocycles. The number of halogens is 3. The van der Waals surface area contributed by atoms with Gasteiger partial charge in [0.15, 0.2) is 0 Å². The molecule has 3 aromatic rings. The molecular weight excluding hydrogens is 443 g/mol. The highest BCUT2D eigenvalue weighted by atomic mass is 19.4. The molecule has 34 heavy (non-hydrogen) atoms. The number of amides is 1. The summed E-state index contributed by atoms with van der Waals surface area (Å²) >= 11 is 0. The van der Waals surface area contributed by atoms with Crippen molar-refractivity contribution in [3.05, 3.63) is 88.7 Å². The molecule has 176 valence electrons. The second kappa shape index (κ2) is 9.10. The molecule has 1 amide bonds. The van der Waals surface area contributed by atoms with Crippen LogP contribution in [0.15, 0.2) is 60.9 Å². The quantitative estimate of drug-likeness (QED) is 0.580. The minimum Gasteiger partial charge on any atom is -0.379 e. The zero-order valence-corrected chi connectivity index (χ0v) is 18.4. The number of nitrogens with zero attached hydrogens (tertiary/aromatic N) is 2. The Morgan fingerprint density at radius 2 is 1.97 bits per heavy atom. The van der Waals surface area contributed by atoms with Crippen LogP contribution < -0.4 is 10.2 Å². The van der Waals surface area contributed by atoms with Crippen molar-refractivity contribution in [2.24, 2.45) is 0 Å². The van der Waals surface area contributed by atoms with Gasteiger partial charge in [-0.25, -0.2) is 0 Å². The van der Waals surface area contributed by atoms with Gasteiger partial charge in [0.05, 0.1) is 30.1 Å². The fraction of sp³-hybridized carbons (Fsp3) is 0.308. The van der Waals surface area contributed by atoms with Crippen molar-refractivity contribution in [2.45, 2.75) is 31.5 Å². The Labute approximate surface area is 195 Å². The Morgan fingerprint density at radius 1 is 1.12 bits per heavy atom. The fourth-order valence-corrected chi connectivity index (χ4v) is 4.64. The van der Waals surface area contributed by atoms with E-state index in [0.29, 0.717) is 37.3 Å². The molecule has 5 nitrogen and oxygen atoms in total. The lowest BCUT2D eigenvalue weighted by Crippen LogP contribution is -2.35. The number of hydrogen-bond acceptors (Lipinski definition) is 4. The molecule has 0 aliphatic carbocycles. The predicted molar refractivity (Wildman–Crippen MR) is 122 cm³/mol. The number of rotatable bonds is 5. The molecule has 1 aromatic heterocycles. The van der Waals surface area contributed by atoms with Crippen LogP contribution in [0.3, 0.4) is 0 Å². The molecule has 1 saturated heterocycles. The number of benzene rings is 2. The summed E-state index contributed by atoms with van der Waals surface area (Å²) in [5.74, 6) is -0.0920. The van der Waals surface area contributed by atoms with Gasteiger partial charge in [-0.15, -0.1) is 0 Å². The maximum Gasteiger partial charge on any atom is 0.416 e. The van der Waals surface area contributed by atoms with Gasteiger partial charge in [0, 0.05) is 30.6 Å². The van der Waals surface area contributed by atoms with Gasteiger partial charge in [-0.3, -0.25) is 9.78 Å². The minimum absolute atomic E-state index is 0.0394. The third-order valence-corrected chi connectivity index (χ3v) is 6.29. The predicted octanol–water partition coefficient (Wildman–Crippen LogP) is 4.90. The Hall–Kier alpha value is -3.39. The molecule has 3 heterocycles. The molecule has 0 bridgehead atoms. The van der Waals surface area contributed by atoms with E-state index in [1.165, 1.54) is 12.1 Å². The van der Waals surface area contributed by atoms with Crippen molar-refractivity contribution in [3.63, 3.8) is 0 Å². The average Bonchev–Trinajstić information content (AvgIpc) is 3.48. The Kier molecular flexibility index (Phi) is 6.00. The molecule has 1 N–H and O–H groups in total. The van der Waals surface area contributed by atoms with Crippen LogP contribution in [0.1, 0.15) is 39.0 Å². The summed E-state index contributed by atoms with van der Waals surface area (Å²) in [6.45, 7) is 1.90. The van der Waals surface area contributed by atoms with Crippen molar-refractivity contribution in [1.82, 2.24) is 10.3 Å². The standard InChI is InChI=1S/C26H24F3N3O2/c27-26(28,29)19-4-1-3-17(12-19)11-18-13-21(15-30-14-18)32-9-7-22-23(5-2-6-24(22)32)25(33)31-20-8-10-34-16-20/h1-6,12-15,20H,7-11,16H2,(H,31,33). The lowest BCUT2D eigenvalue weighted by molar-refractivity contribution is -0.137. The first-order valence-corrected chi connectivity index (χ1v) is 11.3. The Bertz CT molecular complexity index is 1210. The molecule has 1 atom stereocenters. The number of ether oxygens (including phenoxy) is 1. The van der Waals surface area contributed by atoms with Gasteiger partial charge < -0.3 is 15.0 Å². The van der Waals surface area contributed by atoms with Gasteiger partial charge in [0.25, 0.3) is 5.91 Å². The van der Waals surface area contributed by atoms with Crippen LogP contribution in [0, 0.1) is 0 Å². The number of alkyl halides is 3. The van der Waals surface area contributed by atoms with E-state index in [1.807, 2.05) is 24.3 Å². The second-order valence-corrected chi connectivity index (χ2v) is 8.67. The van der Waals surface area contributed by atoms with Crippen LogP contribution >= 0.6 is 0 Å². The van der Waals surface area contributed by atoms with Crippen LogP contribution in [0.4, 0.5) is 24.5 Å². The normalized spacial score (nSPS) is 17.6. The number of hydrogen-bond donors (Lipinski definition) is 1. The summed E-state index contributed by atoms with van der Waals surface area (Å²) in [7, 11) is 0. The van der Waals surface area contributed by atoms with Gasteiger partial charge in [-0.1, -0.05) is 24.3 Å². The Balaban J connectivity index is 1.37. The fourth-order valence-electron chi connectivity index (χ4n) is 4.64. The van der Waals surface area contributed by atoms with Gasteiger partial charge >= 0.3 is 6.18 Å². The molecule has 1 unspecified atom stereocenters. The van der Waals surface area contributed by atoms with Gasteiger partial charge in [0.2, 0.25) is 0 Å². The average molecular weight is 467 g/mol. The molecule has 0 radical (unpaired) electrons. The van der Waals surface area contributed by atoms with E-state index in [0.717, 1.165) is 41.4 Å². The highest BCUT2D eigenvalue weighted by Crippen LogP contribution is 2.37. The van der Waals surface area contributed by atoms with Crippen molar-refractivity contribution in [2.75, 3.05) is 24.7 Å². The zero-order chi connectivity index (χ0) is 23.7. The number of carbonyl (C=O) groups is 1. The zero-order valence-electron chi connectivity index (χ0n) is 18.4. The first-order chi connectivity index (χ1) is 16.4. The van der Waals surface area contributed by atoms with Crippen molar-refractivity contribution >= 4 is 17.3 Å². The summed E-state index contributed by atoms with van der Waals surface area (Å²) in [4.78, 5) is 19.3. The number of aromatic nitrogens is 1. The smallest absolute Gasteiger partial charge is 0.379 e. The van der Waals surface area contributed by atoms with E-state index in [-0.39, 0.29) is 11.9 Å². The topological polar surface area (TPSA) is 54.5 Å². The van der Waals surface area contributed by atoms with E-state index in [4.69, 9.17) is 4.74 Å². The molecule has 5 rings (SSSR count). The maximum absolute atomic E-state index is 13.1. The van der Waals surface area contributed by atoms with Crippen LogP contribution in [0.5, 0.6) is 0 Å². The second-order valence-electron chi connectivity index (χ2n) is 8.67. The molecule has 8 heteroatoms. The lowest BCUT2D eigenvalue weighted by atomic mass is 10.0. The first-order valence-electron chi connectivity index (χ1n) is 11.3. The SMILES string of the molecule is O=C(NC1CCOC1)c1cccc2c1CCN2c1cncc(Cc2cccc(C(F)(F)F)c2)c1. The van der Waals surface area contributed by atoms with E-state index in [1.54, 1.807) is 18.5 Å². The summed E-state index contributed by atoms with van der Waals surface area (Å²) < 4.78 is 44.5. The van der Waals surface area contributed by atoms with E-state index in [9.17, 15) is 18.0 Å². The molecule has 2 aromatic carbocycles. The first kappa shape index (κ1) is 22.4. The van der Waals surface area contributed by atoms with Crippen LogP contribution in [0.2, 0.25) is 0 Å². The van der Waals surface area contributed by atoms with E-state index in [2.05, 4.69) is 15.2 Å². The van der Waals surface area contributed by atoms with E-state index < -0.39 is 11.7 Å². The molecular formula is C26H24F3N3O2. The lowest BCUT2D eigenvalue weighted by Gasteiger charge is -2.20. The number of pyridine rings is 1. The van der Waals surface area contributed by atoms with Crippen molar-refractivity contribution < 1.29 is 22.7 Å². The molecule has 1 fully saturated rings.